The monoisotopic (exact) mass is 580 g/mol. The first-order valence-corrected chi connectivity index (χ1v) is 14.5. The third kappa shape index (κ3) is 6.89. The lowest BCUT2D eigenvalue weighted by Gasteiger charge is -2.31. The van der Waals surface area contributed by atoms with Crippen LogP contribution in [0.5, 0.6) is 11.5 Å². The van der Waals surface area contributed by atoms with Crippen molar-refractivity contribution in [3.8, 4) is 11.5 Å². The van der Waals surface area contributed by atoms with Crippen LogP contribution >= 0.6 is 0 Å². The first kappa shape index (κ1) is 32.5. The molecule has 4 N–H and O–H groups in total. The molecule has 0 unspecified atom stereocenters. The average Bonchev–Trinajstić information content (AvgIpc) is 3.05. The maximum absolute atomic E-state index is 13.3. The largest absolute Gasteiger partial charge is 0.507 e. The number of Topliss-reactive ketones (excluding diaryl/α,β-unsaturated/α-hetero) is 2. The van der Waals surface area contributed by atoms with Crippen molar-refractivity contribution in [1.82, 2.24) is 4.90 Å². The van der Waals surface area contributed by atoms with Crippen LogP contribution < -0.4 is 4.90 Å². The van der Waals surface area contributed by atoms with Gasteiger partial charge in [0.05, 0.1) is 22.3 Å². The number of aliphatic hydroxyl groups is 2. The lowest BCUT2D eigenvalue weighted by Crippen LogP contribution is -2.32. The number of phenols is 2. The van der Waals surface area contributed by atoms with E-state index < -0.39 is 62.6 Å². The number of carbonyl (C=O) groups is 3. The third-order valence-corrected chi connectivity index (χ3v) is 6.85. The van der Waals surface area contributed by atoms with E-state index in [0.717, 1.165) is 0 Å². The first-order chi connectivity index (χ1) is 19.5. The number of ketones is 3. The van der Waals surface area contributed by atoms with Gasteiger partial charge in [0.25, 0.3) is 0 Å². The summed E-state index contributed by atoms with van der Waals surface area (Å²) in [5.41, 5.74) is -1.23. The molecule has 1 aromatic rings. The van der Waals surface area contributed by atoms with Gasteiger partial charge < -0.3 is 30.2 Å². The summed E-state index contributed by atoms with van der Waals surface area (Å²) in [6, 6.07) is 2.75. The number of hydrogen-bond donors (Lipinski definition) is 4. The van der Waals surface area contributed by atoms with Crippen LogP contribution in [0, 0.1) is 23.7 Å². The number of nitrogens with zero attached hydrogens (tertiary/aromatic N) is 2. The van der Waals surface area contributed by atoms with Crippen molar-refractivity contribution in [2.45, 2.75) is 55.4 Å². The SMILES string of the molecule is CC(C)CN(CC(C)C)C1=CC(=O)/C(=C2\C(=O)C(=O)C(c3c(O)cc(N(CC(C)C)CC(C)C)cc3O)=C2O)C(O)=C1. The van der Waals surface area contributed by atoms with Gasteiger partial charge in [-0.05, 0) is 23.7 Å². The lowest BCUT2D eigenvalue weighted by molar-refractivity contribution is -0.130. The normalized spacial score (nSPS) is 17.8. The zero-order valence-electron chi connectivity index (χ0n) is 25.9. The van der Waals surface area contributed by atoms with Gasteiger partial charge in [-0.15, -0.1) is 0 Å². The van der Waals surface area contributed by atoms with E-state index in [0.29, 0.717) is 37.6 Å². The summed E-state index contributed by atoms with van der Waals surface area (Å²) in [4.78, 5) is 43.5. The van der Waals surface area contributed by atoms with Crippen LogP contribution in [0.25, 0.3) is 5.57 Å². The summed E-state index contributed by atoms with van der Waals surface area (Å²) in [6.45, 7) is 18.9. The highest BCUT2D eigenvalue weighted by atomic mass is 16.3. The molecule has 2 aliphatic carbocycles. The van der Waals surface area contributed by atoms with Crippen molar-refractivity contribution in [2.24, 2.45) is 23.7 Å². The Kier molecular flexibility index (Phi) is 9.97. The molecule has 2 aliphatic rings. The Hall–Kier alpha value is -4.01. The molecule has 0 amide bonds. The molecule has 0 radical (unpaired) electrons. The smallest absolute Gasteiger partial charge is 0.238 e. The number of phenolic OH excluding ortho intramolecular Hbond substituents is 2. The van der Waals surface area contributed by atoms with E-state index in [-0.39, 0.29) is 23.7 Å². The van der Waals surface area contributed by atoms with Crippen molar-refractivity contribution in [2.75, 3.05) is 31.1 Å². The van der Waals surface area contributed by atoms with Crippen LogP contribution in [-0.4, -0.2) is 68.9 Å². The molecule has 42 heavy (non-hydrogen) atoms. The third-order valence-electron chi connectivity index (χ3n) is 6.85. The second kappa shape index (κ2) is 12.9. The second-order valence-electron chi connectivity index (χ2n) is 12.8. The molecule has 0 saturated carbocycles. The molecular formula is C33H44N2O7. The fourth-order valence-electron chi connectivity index (χ4n) is 5.42. The maximum Gasteiger partial charge on any atom is 0.238 e. The van der Waals surface area contributed by atoms with Gasteiger partial charge in [-0.1, -0.05) is 55.4 Å². The molecule has 9 heteroatoms. The Morgan fingerprint density at radius 3 is 1.45 bits per heavy atom. The minimum atomic E-state index is -1.21. The van der Waals surface area contributed by atoms with Crippen LogP contribution in [0.1, 0.15) is 61.0 Å². The standard InChI is InChI=1S/C33H44N2O7/c1-17(2)13-34(14-18(3)4)21-9-23(36)27(24(37)10-21)29-31(40)30(33(42)32(29)41)28-25(38)11-22(12-26(28)39)35(15-19(5)6)16-20(7)8/h9-12,17-20,36-38,40H,13-16H2,1-8H3/b30-28-. The Bertz CT molecular complexity index is 1350. The molecule has 228 valence electrons. The van der Waals surface area contributed by atoms with Crippen LogP contribution in [0.15, 0.2) is 52.6 Å². The summed E-state index contributed by atoms with van der Waals surface area (Å²) in [5.74, 6) is -4.50. The van der Waals surface area contributed by atoms with E-state index in [9.17, 15) is 34.8 Å². The average molecular weight is 581 g/mol. The van der Waals surface area contributed by atoms with Gasteiger partial charge in [0.15, 0.2) is 5.78 Å². The Balaban J connectivity index is 2.11. The molecule has 1 aromatic carbocycles. The van der Waals surface area contributed by atoms with Gasteiger partial charge in [0.2, 0.25) is 11.6 Å². The minimum absolute atomic E-state index is 0.271. The Morgan fingerprint density at radius 1 is 0.595 bits per heavy atom. The molecule has 0 atom stereocenters. The number of hydrogen-bond acceptors (Lipinski definition) is 9. The molecular weight excluding hydrogens is 536 g/mol. The molecule has 0 fully saturated rings. The van der Waals surface area contributed by atoms with E-state index in [2.05, 4.69) is 0 Å². The van der Waals surface area contributed by atoms with Crippen molar-refractivity contribution in [3.05, 3.63) is 58.2 Å². The zero-order chi connectivity index (χ0) is 31.6. The highest BCUT2D eigenvalue weighted by Crippen LogP contribution is 2.44. The number of allylic oxidation sites excluding steroid dienone is 5. The van der Waals surface area contributed by atoms with Gasteiger partial charge in [-0.25, -0.2) is 0 Å². The van der Waals surface area contributed by atoms with Crippen LogP contribution in [-0.2, 0) is 14.4 Å². The molecule has 0 bridgehead atoms. The molecule has 0 aliphatic heterocycles. The minimum Gasteiger partial charge on any atom is -0.507 e. The van der Waals surface area contributed by atoms with Crippen molar-refractivity contribution in [1.29, 1.82) is 0 Å². The highest BCUT2D eigenvalue weighted by molar-refractivity contribution is 6.63. The number of aromatic hydroxyl groups is 2. The molecule has 0 saturated heterocycles. The quantitative estimate of drug-likeness (QED) is 0.199. The van der Waals surface area contributed by atoms with Crippen LogP contribution in [0.3, 0.4) is 0 Å². The summed E-state index contributed by atoms with van der Waals surface area (Å²) >= 11 is 0. The van der Waals surface area contributed by atoms with Gasteiger partial charge in [0, 0.05) is 61.8 Å². The fourth-order valence-corrected chi connectivity index (χ4v) is 5.42. The molecule has 9 nitrogen and oxygen atoms in total. The van der Waals surface area contributed by atoms with E-state index in [1.807, 2.05) is 65.2 Å². The molecule has 0 spiro atoms. The topological polar surface area (TPSA) is 139 Å². The zero-order valence-corrected chi connectivity index (χ0v) is 25.9. The van der Waals surface area contributed by atoms with Gasteiger partial charge >= 0.3 is 0 Å². The van der Waals surface area contributed by atoms with E-state index in [4.69, 9.17) is 0 Å². The molecule has 3 rings (SSSR count). The van der Waals surface area contributed by atoms with Crippen LogP contribution in [0.4, 0.5) is 5.69 Å². The predicted octanol–water partition coefficient (Wildman–Crippen LogP) is 5.46. The van der Waals surface area contributed by atoms with E-state index >= 15 is 0 Å². The number of aliphatic hydroxyl groups excluding tert-OH is 2. The summed E-state index contributed by atoms with van der Waals surface area (Å²) in [6.07, 6.45) is 2.62. The fraction of sp³-hybridized carbons (Fsp3) is 0.485. The first-order valence-electron chi connectivity index (χ1n) is 14.5. The number of carbonyl (C=O) groups excluding carboxylic acids is 3. The Labute approximate surface area is 248 Å². The number of benzene rings is 1. The van der Waals surface area contributed by atoms with E-state index in [1.54, 1.807) is 0 Å². The molecule has 0 heterocycles. The summed E-state index contributed by atoms with van der Waals surface area (Å²) in [7, 11) is 0. The highest BCUT2D eigenvalue weighted by Gasteiger charge is 2.43. The maximum atomic E-state index is 13.3. The molecule has 0 aromatic heterocycles. The van der Waals surface area contributed by atoms with E-state index in [1.165, 1.54) is 24.3 Å². The van der Waals surface area contributed by atoms with Crippen molar-refractivity contribution in [3.63, 3.8) is 0 Å². The van der Waals surface area contributed by atoms with Crippen molar-refractivity contribution < 1.29 is 34.8 Å². The predicted molar refractivity (Wildman–Crippen MR) is 163 cm³/mol. The number of rotatable bonds is 11. The lowest BCUT2D eigenvalue weighted by atomic mass is 9.94. The van der Waals surface area contributed by atoms with Crippen molar-refractivity contribution >= 4 is 28.6 Å². The van der Waals surface area contributed by atoms with Gasteiger partial charge in [0.1, 0.15) is 23.0 Å². The summed E-state index contributed by atoms with van der Waals surface area (Å²) in [5, 5.41) is 44.0. The second-order valence-corrected chi connectivity index (χ2v) is 12.8. The number of anilines is 1. The van der Waals surface area contributed by atoms with Gasteiger partial charge in [-0.2, -0.15) is 0 Å². The van der Waals surface area contributed by atoms with Gasteiger partial charge in [-0.3, -0.25) is 14.4 Å². The Morgan fingerprint density at radius 2 is 1.02 bits per heavy atom. The summed E-state index contributed by atoms with van der Waals surface area (Å²) < 4.78 is 0. The van der Waals surface area contributed by atoms with Crippen LogP contribution in [0.2, 0.25) is 0 Å².